The van der Waals surface area contributed by atoms with Crippen LogP contribution in [0, 0.1) is 5.92 Å². The molecule has 0 unspecified atom stereocenters. The molecule has 0 spiro atoms. The number of piperazine rings is 1. The van der Waals surface area contributed by atoms with E-state index in [-0.39, 0.29) is 23.7 Å². The predicted octanol–water partition coefficient (Wildman–Crippen LogP) is 2.36. The van der Waals surface area contributed by atoms with Gasteiger partial charge in [0.1, 0.15) is 10.6 Å². The first kappa shape index (κ1) is 22.7. The van der Waals surface area contributed by atoms with Gasteiger partial charge in [-0.2, -0.15) is 0 Å². The normalized spacial score (nSPS) is 24.6. The van der Waals surface area contributed by atoms with Gasteiger partial charge in [0.2, 0.25) is 5.91 Å². The van der Waals surface area contributed by atoms with Crippen LogP contribution in [0.5, 0.6) is 0 Å². The molecule has 0 aliphatic carbocycles. The molecule has 9 nitrogen and oxygen atoms in total. The second kappa shape index (κ2) is 10.0. The highest BCUT2D eigenvalue weighted by atomic mass is 32.1. The molecule has 2 atom stereocenters. The van der Waals surface area contributed by atoms with Crippen molar-refractivity contribution in [3.05, 3.63) is 23.3 Å². The molecule has 0 radical (unpaired) electrons. The summed E-state index contributed by atoms with van der Waals surface area (Å²) in [7, 11) is 1.76. The average molecular weight is 475 g/mol. The fourth-order valence-electron chi connectivity index (χ4n) is 5.00. The lowest BCUT2D eigenvalue weighted by atomic mass is 9.94. The number of rotatable bonds is 7. The number of Topliss-reactive ketones (excluding diaryl/α,β-unsaturated/α-hetero) is 1. The maximum Gasteiger partial charge on any atom is 0.240 e. The fourth-order valence-corrected chi connectivity index (χ4v) is 6.01. The van der Waals surface area contributed by atoms with Crippen LogP contribution in [-0.2, 0) is 14.3 Å². The zero-order chi connectivity index (χ0) is 22.8. The number of aromatic nitrogens is 1. The van der Waals surface area contributed by atoms with Gasteiger partial charge in [-0.05, 0) is 31.4 Å². The quantitative estimate of drug-likeness (QED) is 0.611. The number of methoxy groups -OCH3 is 1. The Kier molecular flexibility index (Phi) is 6.89. The van der Waals surface area contributed by atoms with Gasteiger partial charge in [-0.3, -0.25) is 19.4 Å². The Bertz CT molecular complexity index is 972. The lowest BCUT2D eigenvalue weighted by molar-refractivity contribution is -0.117. The topological polar surface area (TPSA) is 97.1 Å². The predicted molar refractivity (Wildman–Crippen MR) is 124 cm³/mol. The highest BCUT2D eigenvalue weighted by Gasteiger charge is 2.36. The number of ketones is 1. The van der Waals surface area contributed by atoms with Gasteiger partial charge >= 0.3 is 0 Å². The first-order valence-electron chi connectivity index (χ1n) is 11.6. The summed E-state index contributed by atoms with van der Waals surface area (Å²) in [6, 6.07) is 3.99. The van der Waals surface area contributed by atoms with Crippen LogP contribution in [0.4, 0.5) is 5.13 Å². The first-order valence-corrected chi connectivity index (χ1v) is 12.4. The summed E-state index contributed by atoms with van der Waals surface area (Å²) in [4.78, 5) is 35.8. The van der Waals surface area contributed by atoms with E-state index < -0.39 is 0 Å². The van der Waals surface area contributed by atoms with Gasteiger partial charge in [0, 0.05) is 58.5 Å². The molecule has 5 rings (SSSR count). The first-order chi connectivity index (χ1) is 16.1. The van der Waals surface area contributed by atoms with Gasteiger partial charge in [0.25, 0.3) is 0 Å². The molecule has 3 aliphatic heterocycles. The third kappa shape index (κ3) is 5.04. The second-order valence-electron chi connectivity index (χ2n) is 8.95. The number of carbonyl (C=O) groups excluding carboxylic acids is 2. The minimum Gasteiger partial charge on any atom is -0.463 e. The summed E-state index contributed by atoms with van der Waals surface area (Å²) in [5.74, 6) is 0.379. The molecule has 2 aromatic rings. The molecule has 3 saturated heterocycles. The molecule has 178 valence electrons. The summed E-state index contributed by atoms with van der Waals surface area (Å²) in [5.41, 5.74) is 0.502. The minimum absolute atomic E-state index is 0.0488. The maximum absolute atomic E-state index is 13.2. The lowest BCUT2D eigenvalue weighted by Gasteiger charge is -2.36. The van der Waals surface area contributed by atoms with Crippen LogP contribution in [0.25, 0.3) is 11.5 Å². The fraction of sp³-hybridized carbons (Fsp3) is 0.609. The molecule has 2 aromatic heterocycles. The van der Waals surface area contributed by atoms with Gasteiger partial charge in [0.15, 0.2) is 16.7 Å². The van der Waals surface area contributed by atoms with Crippen molar-refractivity contribution in [1.82, 2.24) is 14.8 Å². The van der Waals surface area contributed by atoms with E-state index in [1.807, 2.05) is 0 Å². The largest absolute Gasteiger partial charge is 0.463 e. The van der Waals surface area contributed by atoms with E-state index in [0.29, 0.717) is 60.1 Å². The van der Waals surface area contributed by atoms with Crippen molar-refractivity contribution in [2.45, 2.75) is 31.4 Å². The van der Waals surface area contributed by atoms with E-state index in [0.717, 1.165) is 32.6 Å². The second-order valence-corrected chi connectivity index (χ2v) is 9.95. The number of amides is 1. The van der Waals surface area contributed by atoms with Crippen LogP contribution in [-0.4, -0.2) is 91.7 Å². The number of thiazole rings is 1. The molecular formula is C23H30N4O5S. The van der Waals surface area contributed by atoms with E-state index in [4.69, 9.17) is 13.9 Å². The number of ether oxygens (including phenoxy) is 2. The van der Waals surface area contributed by atoms with Crippen molar-refractivity contribution >= 4 is 28.2 Å². The van der Waals surface area contributed by atoms with Gasteiger partial charge in [0.05, 0.1) is 18.9 Å². The summed E-state index contributed by atoms with van der Waals surface area (Å²) in [5, 5.41) is 3.35. The zero-order valence-electron chi connectivity index (χ0n) is 18.8. The van der Waals surface area contributed by atoms with Gasteiger partial charge in [-0.1, -0.05) is 11.3 Å². The van der Waals surface area contributed by atoms with E-state index >= 15 is 0 Å². The number of hydrogen-bond acceptors (Lipinski definition) is 9. The Hall–Kier alpha value is -2.11. The van der Waals surface area contributed by atoms with Crippen molar-refractivity contribution < 1.29 is 23.5 Å². The summed E-state index contributed by atoms with van der Waals surface area (Å²) < 4.78 is 16.4. The van der Waals surface area contributed by atoms with Crippen molar-refractivity contribution in [3.63, 3.8) is 0 Å². The van der Waals surface area contributed by atoms with Crippen LogP contribution in [0.1, 0.15) is 28.9 Å². The van der Waals surface area contributed by atoms with Gasteiger partial charge in [-0.15, -0.1) is 0 Å². The Balaban J connectivity index is 1.25. The lowest BCUT2D eigenvalue weighted by Crippen LogP contribution is -2.51. The molecule has 3 aliphatic rings. The Morgan fingerprint density at radius 3 is 2.88 bits per heavy atom. The highest BCUT2D eigenvalue weighted by Crippen LogP contribution is 2.35. The van der Waals surface area contributed by atoms with Crippen molar-refractivity contribution in [2.75, 3.05) is 58.4 Å². The SMILES string of the molecule is CO[C@@H]1C[C@H]2CN(CC(=O)Nc3nc(-c4ccco4)c(C(=O)C4CCOCC4)s3)CCN2C1. The monoisotopic (exact) mass is 474 g/mol. The standard InChI is InChI=1S/C23H30N4O5S/c1-30-17-11-16-12-26(6-7-27(16)13-17)14-19(28)24-23-25-20(18-3-2-8-32-18)22(33-23)21(29)15-4-9-31-10-5-15/h2-3,8,15-17H,4-7,9-14H2,1H3,(H,24,25,28)/t16-,17+/m0/s1. The van der Waals surface area contributed by atoms with Crippen LogP contribution in [0.3, 0.4) is 0 Å². The Morgan fingerprint density at radius 1 is 1.27 bits per heavy atom. The summed E-state index contributed by atoms with van der Waals surface area (Å²) in [6.45, 7) is 5.12. The van der Waals surface area contributed by atoms with E-state index in [1.54, 1.807) is 25.5 Å². The smallest absolute Gasteiger partial charge is 0.240 e. The maximum atomic E-state index is 13.2. The van der Waals surface area contributed by atoms with Crippen molar-refractivity contribution in [2.24, 2.45) is 5.92 Å². The molecule has 33 heavy (non-hydrogen) atoms. The van der Waals surface area contributed by atoms with Crippen molar-refractivity contribution in [3.8, 4) is 11.5 Å². The van der Waals surface area contributed by atoms with Gasteiger partial charge < -0.3 is 19.2 Å². The number of nitrogens with one attached hydrogen (secondary N) is 1. The zero-order valence-corrected chi connectivity index (χ0v) is 19.6. The average Bonchev–Trinajstić information content (AvgIpc) is 3.58. The third-order valence-corrected chi connectivity index (χ3v) is 7.79. The van der Waals surface area contributed by atoms with E-state index in [2.05, 4.69) is 20.1 Å². The van der Waals surface area contributed by atoms with Gasteiger partial charge in [-0.25, -0.2) is 4.98 Å². The molecule has 0 aromatic carbocycles. The van der Waals surface area contributed by atoms with Crippen LogP contribution in [0.2, 0.25) is 0 Å². The summed E-state index contributed by atoms with van der Waals surface area (Å²) in [6.07, 6.45) is 4.25. The van der Waals surface area contributed by atoms with Crippen molar-refractivity contribution in [1.29, 1.82) is 0 Å². The number of carbonyl (C=O) groups is 2. The molecule has 1 amide bonds. The number of fused-ring (bicyclic) bond motifs is 1. The van der Waals surface area contributed by atoms with Crippen LogP contribution < -0.4 is 5.32 Å². The van der Waals surface area contributed by atoms with E-state index in [1.165, 1.54) is 11.3 Å². The molecule has 10 heteroatoms. The van der Waals surface area contributed by atoms with Crippen LogP contribution in [0.15, 0.2) is 22.8 Å². The number of anilines is 1. The molecule has 0 saturated carbocycles. The molecule has 3 fully saturated rings. The number of nitrogens with zero attached hydrogens (tertiary/aromatic N) is 3. The highest BCUT2D eigenvalue weighted by molar-refractivity contribution is 7.18. The molecule has 0 bridgehead atoms. The molecular weight excluding hydrogens is 444 g/mol. The molecule has 1 N–H and O–H groups in total. The third-order valence-electron chi connectivity index (χ3n) is 6.81. The Morgan fingerprint density at radius 2 is 2.12 bits per heavy atom. The number of hydrogen-bond donors (Lipinski definition) is 1. The Labute approximate surface area is 197 Å². The minimum atomic E-state index is -0.116. The molecule has 5 heterocycles. The van der Waals surface area contributed by atoms with E-state index in [9.17, 15) is 9.59 Å². The van der Waals surface area contributed by atoms with Crippen LogP contribution >= 0.6 is 11.3 Å². The number of furan rings is 1. The summed E-state index contributed by atoms with van der Waals surface area (Å²) >= 11 is 1.23.